The normalized spacial score (nSPS) is 13.5. The number of ether oxygens (including phenoxy) is 1. The molecule has 0 bridgehead atoms. The first-order chi connectivity index (χ1) is 16.1. The van der Waals surface area contributed by atoms with Crippen molar-refractivity contribution in [3.8, 4) is 11.5 Å². The Bertz CT molecular complexity index is 911. The van der Waals surface area contributed by atoms with Crippen molar-refractivity contribution in [3.05, 3.63) is 59.2 Å². The molecule has 0 aliphatic carbocycles. The number of carbonyl (C=O) groups is 1. The number of aliphatic hydroxyl groups is 1. The fourth-order valence-electron chi connectivity index (χ4n) is 4.07. The molecule has 0 aliphatic heterocycles. The van der Waals surface area contributed by atoms with Gasteiger partial charge in [0.05, 0.1) is 18.6 Å². The molecule has 0 saturated carbocycles. The van der Waals surface area contributed by atoms with Gasteiger partial charge in [-0.15, -0.1) is 0 Å². The standard InChI is InChI=1S/C27H40N2O5/c1-6-10-29(11-12-34-5)26(33)19(2)21-9-7-8-20(13-21)17-27(3,4)28-18-25(32)22-14-23(30)16-24(31)15-22/h7-9,13-16,19,25,28,30-32H,6,10-12,17-18H2,1-5H3. The van der Waals surface area contributed by atoms with E-state index in [2.05, 4.69) is 32.2 Å². The lowest BCUT2D eigenvalue weighted by Gasteiger charge is -2.29. The fourth-order valence-corrected chi connectivity index (χ4v) is 4.07. The Labute approximate surface area is 203 Å². The van der Waals surface area contributed by atoms with Crippen LogP contribution in [0.5, 0.6) is 11.5 Å². The largest absolute Gasteiger partial charge is 0.508 e. The maximum Gasteiger partial charge on any atom is 0.229 e. The molecule has 2 aromatic carbocycles. The number of nitrogens with one attached hydrogen (secondary N) is 1. The van der Waals surface area contributed by atoms with Crippen molar-refractivity contribution in [3.63, 3.8) is 0 Å². The second-order valence-electron chi connectivity index (χ2n) is 9.52. The zero-order chi connectivity index (χ0) is 25.3. The van der Waals surface area contributed by atoms with Gasteiger partial charge in [0.2, 0.25) is 5.91 Å². The van der Waals surface area contributed by atoms with Crippen molar-refractivity contribution in [2.24, 2.45) is 0 Å². The summed E-state index contributed by atoms with van der Waals surface area (Å²) >= 11 is 0. The van der Waals surface area contributed by atoms with Crippen LogP contribution in [-0.2, 0) is 16.0 Å². The van der Waals surface area contributed by atoms with E-state index in [-0.39, 0.29) is 35.4 Å². The van der Waals surface area contributed by atoms with Crippen molar-refractivity contribution in [1.29, 1.82) is 0 Å². The highest BCUT2D eigenvalue weighted by Gasteiger charge is 2.24. The minimum atomic E-state index is -0.877. The Kier molecular flexibility index (Phi) is 10.4. The van der Waals surface area contributed by atoms with Gasteiger partial charge in [0.25, 0.3) is 0 Å². The molecule has 0 fully saturated rings. The van der Waals surface area contributed by atoms with Crippen LogP contribution in [0.25, 0.3) is 0 Å². The van der Waals surface area contributed by atoms with Crippen molar-refractivity contribution in [1.82, 2.24) is 10.2 Å². The number of amides is 1. The predicted molar refractivity (Wildman–Crippen MR) is 134 cm³/mol. The van der Waals surface area contributed by atoms with Crippen molar-refractivity contribution in [2.45, 2.75) is 58.1 Å². The van der Waals surface area contributed by atoms with Crippen LogP contribution >= 0.6 is 0 Å². The number of methoxy groups -OCH3 is 1. The van der Waals surface area contributed by atoms with Crippen molar-refractivity contribution >= 4 is 5.91 Å². The lowest BCUT2D eigenvalue weighted by molar-refractivity contribution is -0.133. The molecule has 0 radical (unpaired) electrons. The number of nitrogens with zero attached hydrogens (tertiary/aromatic N) is 1. The highest BCUT2D eigenvalue weighted by atomic mass is 16.5. The van der Waals surface area contributed by atoms with E-state index in [1.54, 1.807) is 7.11 Å². The molecule has 2 rings (SSSR count). The van der Waals surface area contributed by atoms with Gasteiger partial charge in [-0.25, -0.2) is 0 Å². The number of hydrogen-bond acceptors (Lipinski definition) is 6. The van der Waals surface area contributed by atoms with Gasteiger partial charge in [0.15, 0.2) is 0 Å². The smallest absolute Gasteiger partial charge is 0.229 e. The summed E-state index contributed by atoms with van der Waals surface area (Å²) in [5, 5.41) is 33.2. The summed E-state index contributed by atoms with van der Waals surface area (Å²) in [5.74, 6) is -0.326. The average molecular weight is 473 g/mol. The van der Waals surface area contributed by atoms with Crippen LogP contribution in [0.2, 0.25) is 0 Å². The van der Waals surface area contributed by atoms with Crippen LogP contribution in [0.1, 0.15) is 62.8 Å². The molecule has 2 atom stereocenters. The number of benzene rings is 2. The Morgan fingerprint density at radius 2 is 1.76 bits per heavy atom. The van der Waals surface area contributed by atoms with E-state index >= 15 is 0 Å². The van der Waals surface area contributed by atoms with Gasteiger partial charge < -0.3 is 30.3 Å². The monoisotopic (exact) mass is 472 g/mol. The Morgan fingerprint density at radius 3 is 2.38 bits per heavy atom. The number of hydrogen-bond donors (Lipinski definition) is 4. The van der Waals surface area contributed by atoms with E-state index in [9.17, 15) is 20.1 Å². The quantitative estimate of drug-likeness (QED) is 0.354. The molecule has 0 aromatic heterocycles. The van der Waals surface area contributed by atoms with Crippen molar-refractivity contribution in [2.75, 3.05) is 33.4 Å². The van der Waals surface area contributed by atoms with Crippen LogP contribution in [0, 0.1) is 0 Å². The topological polar surface area (TPSA) is 102 Å². The second kappa shape index (κ2) is 12.7. The molecule has 0 saturated heterocycles. The lowest BCUT2D eigenvalue weighted by atomic mass is 9.91. The minimum Gasteiger partial charge on any atom is -0.508 e. The number of aromatic hydroxyl groups is 2. The highest BCUT2D eigenvalue weighted by molar-refractivity contribution is 5.83. The van der Waals surface area contributed by atoms with Gasteiger partial charge in [-0.05, 0) is 62.4 Å². The molecule has 4 N–H and O–H groups in total. The van der Waals surface area contributed by atoms with Crippen LogP contribution < -0.4 is 5.32 Å². The van der Waals surface area contributed by atoms with Gasteiger partial charge in [0.1, 0.15) is 11.5 Å². The first-order valence-electron chi connectivity index (χ1n) is 11.9. The molecular formula is C27H40N2O5. The molecule has 2 unspecified atom stereocenters. The Balaban J connectivity index is 2.04. The summed E-state index contributed by atoms with van der Waals surface area (Å²) in [6.07, 6.45) is 0.719. The number of rotatable bonds is 13. The maximum atomic E-state index is 13.1. The van der Waals surface area contributed by atoms with Gasteiger partial charge in [-0.3, -0.25) is 4.79 Å². The molecule has 7 nitrogen and oxygen atoms in total. The summed E-state index contributed by atoms with van der Waals surface area (Å²) in [7, 11) is 1.64. The van der Waals surface area contributed by atoms with Crippen LogP contribution in [-0.4, -0.2) is 65.0 Å². The molecule has 0 spiro atoms. The summed E-state index contributed by atoms with van der Waals surface area (Å²) in [6.45, 7) is 10.2. The third kappa shape index (κ3) is 8.31. The number of β-amino-alcohol motifs (C(OH)–C–C–N with tert-alkyl or cyclic N) is 1. The molecule has 2 aromatic rings. The van der Waals surface area contributed by atoms with Gasteiger partial charge in [-0.1, -0.05) is 31.2 Å². The molecule has 0 heterocycles. The maximum absolute atomic E-state index is 13.1. The van der Waals surface area contributed by atoms with E-state index in [1.807, 2.05) is 30.0 Å². The Hall–Kier alpha value is -2.61. The van der Waals surface area contributed by atoms with Crippen molar-refractivity contribution < 1.29 is 24.9 Å². The highest BCUT2D eigenvalue weighted by Crippen LogP contribution is 2.26. The summed E-state index contributed by atoms with van der Waals surface area (Å²) < 4.78 is 5.16. The molecule has 0 aliphatic rings. The van der Waals surface area contributed by atoms with E-state index in [1.165, 1.54) is 18.2 Å². The number of phenolic OH excluding ortho intramolecular Hbond substituents is 2. The van der Waals surface area contributed by atoms with Crippen LogP contribution in [0.15, 0.2) is 42.5 Å². The third-order valence-corrected chi connectivity index (χ3v) is 5.92. The summed E-state index contributed by atoms with van der Waals surface area (Å²) in [4.78, 5) is 15.0. The van der Waals surface area contributed by atoms with E-state index < -0.39 is 6.10 Å². The average Bonchev–Trinajstić information content (AvgIpc) is 2.78. The second-order valence-corrected chi connectivity index (χ2v) is 9.52. The van der Waals surface area contributed by atoms with Crippen LogP contribution in [0.4, 0.5) is 0 Å². The first-order valence-corrected chi connectivity index (χ1v) is 11.9. The summed E-state index contributed by atoms with van der Waals surface area (Å²) in [6, 6.07) is 12.2. The zero-order valence-corrected chi connectivity index (χ0v) is 21.0. The third-order valence-electron chi connectivity index (χ3n) is 5.92. The predicted octanol–water partition coefficient (Wildman–Crippen LogP) is 3.73. The number of aliphatic hydroxyl groups excluding tert-OH is 1. The summed E-state index contributed by atoms with van der Waals surface area (Å²) in [5.41, 5.74) is 2.18. The minimum absolute atomic E-state index is 0.0893. The SMILES string of the molecule is CCCN(CCOC)C(=O)C(C)c1cccc(CC(C)(C)NCC(O)c2cc(O)cc(O)c2)c1. The van der Waals surface area contributed by atoms with Crippen LogP contribution in [0.3, 0.4) is 0 Å². The van der Waals surface area contributed by atoms with E-state index in [4.69, 9.17) is 4.74 Å². The number of carbonyl (C=O) groups excluding carboxylic acids is 1. The molecular weight excluding hydrogens is 432 g/mol. The van der Waals surface area contributed by atoms with Gasteiger partial charge in [0, 0.05) is 38.3 Å². The lowest BCUT2D eigenvalue weighted by Crippen LogP contribution is -2.43. The molecule has 188 valence electrons. The Morgan fingerprint density at radius 1 is 1.09 bits per heavy atom. The van der Waals surface area contributed by atoms with Gasteiger partial charge >= 0.3 is 0 Å². The van der Waals surface area contributed by atoms with Gasteiger partial charge in [-0.2, -0.15) is 0 Å². The molecule has 34 heavy (non-hydrogen) atoms. The fraction of sp³-hybridized carbons (Fsp3) is 0.519. The zero-order valence-electron chi connectivity index (χ0n) is 21.0. The first kappa shape index (κ1) is 27.6. The molecule has 1 amide bonds. The number of phenols is 2. The van der Waals surface area contributed by atoms with E-state index in [0.717, 1.165) is 17.5 Å². The molecule has 7 heteroatoms. The van der Waals surface area contributed by atoms with E-state index in [0.29, 0.717) is 31.7 Å².